The normalized spacial score (nSPS) is 13.4. The molecule has 1 aromatic carbocycles. The maximum absolute atomic E-state index is 12.8. The van der Waals surface area contributed by atoms with Gasteiger partial charge in [-0.15, -0.1) is 0 Å². The Balaban J connectivity index is 3.34. The van der Waals surface area contributed by atoms with Gasteiger partial charge in [-0.2, -0.15) is 13.2 Å². The zero-order valence-electron chi connectivity index (χ0n) is 9.68. The van der Waals surface area contributed by atoms with Gasteiger partial charge >= 0.3 is 6.18 Å². The van der Waals surface area contributed by atoms with Crippen LogP contribution < -0.4 is 5.14 Å². The Labute approximate surface area is 122 Å². The molecule has 0 atom stereocenters. The lowest BCUT2D eigenvalue weighted by molar-refractivity contribution is -0.139. The summed E-state index contributed by atoms with van der Waals surface area (Å²) < 4.78 is 83.6. The zero-order valence-corrected chi connectivity index (χ0v) is 12.9. The quantitative estimate of drug-likeness (QED) is 0.835. The number of nitrogens with two attached hydrogens (primary N) is 1. The lowest BCUT2D eigenvalue weighted by Gasteiger charge is -2.13. The summed E-state index contributed by atoms with van der Waals surface area (Å²) in [7, 11) is -8.53. The number of sulfone groups is 1. The molecule has 0 unspecified atom stereocenters. The first-order valence-corrected chi connectivity index (χ1v) is 9.09. The lowest BCUT2D eigenvalue weighted by Crippen LogP contribution is -2.24. The van der Waals surface area contributed by atoms with E-state index < -0.39 is 48.0 Å². The number of halogens is 4. The summed E-state index contributed by atoms with van der Waals surface area (Å²) in [6, 6.07) is 2.43. The van der Waals surface area contributed by atoms with Gasteiger partial charge in [0.15, 0.2) is 9.84 Å². The predicted octanol–water partition coefficient (Wildman–Crippen LogP) is 1.53. The number of primary sulfonamides is 1. The van der Waals surface area contributed by atoms with E-state index in [9.17, 15) is 30.0 Å². The highest BCUT2D eigenvalue weighted by Crippen LogP contribution is 2.36. The van der Waals surface area contributed by atoms with Crippen molar-refractivity contribution in [3.8, 4) is 0 Å². The predicted molar refractivity (Wildman–Crippen MR) is 69.2 cm³/mol. The second-order valence-electron chi connectivity index (χ2n) is 3.82. The second kappa shape index (κ2) is 5.62. The van der Waals surface area contributed by atoms with Crippen LogP contribution in [0.2, 0.25) is 0 Å². The summed E-state index contributed by atoms with van der Waals surface area (Å²) in [6.07, 6.45) is -4.87. The molecule has 11 heteroatoms. The van der Waals surface area contributed by atoms with Crippen molar-refractivity contribution < 1.29 is 30.0 Å². The van der Waals surface area contributed by atoms with Crippen molar-refractivity contribution in [1.29, 1.82) is 0 Å². The molecule has 1 rings (SSSR count). The molecule has 0 aliphatic rings. The molecule has 20 heavy (non-hydrogen) atoms. The van der Waals surface area contributed by atoms with Crippen molar-refractivity contribution in [1.82, 2.24) is 0 Å². The summed E-state index contributed by atoms with van der Waals surface area (Å²) >= 11 is 2.87. The highest BCUT2D eigenvalue weighted by molar-refractivity contribution is 9.10. The summed E-state index contributed by atoms with van der Waals surface area (Å²) in [4.78, 5) is -0.983. The second-order valence-corrected chi connectivity index (χ2v) is 8.55. The Hall–Kier alpha value is -0.650. The van der Waals surface area contributed by atoms with Gasteiger partial charge in [0.1, 0.15) is 0 Å². The average molecular weight is 396 g/mol. The van der Waals surface area contributed by atoms with Crippen LogP contribution in [0.3, 0.4) is 0 Å². The third-order valence-corrected chi connectivity index (χ3v) is 5.49. The number of alkyl halides is 3. The van der Waals surface area contributed by atoms with E-state index in [1.54, 1.807) is 0 Å². The molecule has 114 valence electrons. The minimum atomic E-state index is -4.87. The first-order chi connectivity index (χ1) is 8.83. The van der Waals surface area contributed by atoms with Crippen LogP contribution in [0, 0.1) is 0 Å². The fourth-order valence-electron chi connectivity index (χ4n) is 1.32. The molecule has 0 aliphatic carbocycles. The number of hydrogen-bond donors (Lipinski definition) is 1. The smallest absolute Gasteiger partial charge is 0.229 e. The lowest BCUT2D eigenvalue weighted by atomic mass is 10.2. The molecule has 0 saturated heterocycles. The van der Waals surface area contributed by atoms with Crippen molar-refractivity contribution in [3.63, 3.8) is 0 Å². The minimum Gasteiger partial charge on any atom is -0.229 e. The van der Waals surface area contributed by atoms with E-state index in [2.05, 4.69) is 21.1 Å². The molecule has 0 saturated carbocycles. The maximum Gasteiger partial charge on any atom is 0.417 e. The van der Waals surface area contributed by atoms with E-state index in [0.29, 0.717) is 6.07 Å². The molecule has 0 bridgehead atoms. The van der Waals surface area contributed by atoms with Crippen LogP contribution in [0.4, 0.5) is 13.2 Å². The monoisotopic (exact) mass is 395 g/mol. The van der Waals surface area contributed by atoms with Crippen LogP contribution in [-0.4, -0.2) is 28.3 Å². The van der Waals surface area contributed by atoms with Crippen molar-refractivity contribution in [2.75, 3.05) is 11.5 Å². The third-order valence-electron chi connectivity index (χ3n) is 2.22. The standard InChI is InChI=1S/C9H9BrF3NO4S2/c10-6-1-2-7(9(11,12)13)8(5-6)19(15,16)3-4-20(14,17)18/h1-2,5H,3-4H2,(H2,14,17,18). The van der Waals surface area contributed by atoms with E-state index >= 15 is 0 Å². The van der Waals surface area contributed by atoms with Gasteiger partial charge in [0.05, 0.1) is 22.0 Å². The summed E-state index contributed by atoms with van der Waals surface area (Å²) in [5.41, 5.74) is -1.35. The highest BCUT2D eigenvalue weighted by Gasteiger charge is 2.37. The molecule has 0 spiro atoms. The fourth-order valence-corrected chi connectivity index (χ4v) is 4.69. The van der Waals surface area contributed by atoms with E-state index in [4.69, 9.17) is 0 Å². The molecular weight excluding hydrogens is 387 g/mol. The first-order valence-electron chi connectivity index (χ1n) is 4.93. The largest absolute Gasteiger partial charge is 0.417 e. The highest BCUT2D eigenvalue weighted by atomic mass is 79.9. The Bertz CT molecular complexity index is 713. The first kappa shape index (κ1) is 17.4. The molecule has 5 nitrogen and oxygen atoms in total. The van der Waals surface area contributed by atoms with Gasteiger partial charge in [-0.05, 0) is 18.2 Å². The molecule has 1 aromatic rings. The van der Waals surface area contributed by atoms with Crippen LogP contribution in [0.1, 0.15) is 5.56 Å². The summed E-state index contributed by atoms with van der Waals surface area (Å²) in [6.45, 7) is 0. The molecule has 0 radical (unpaired) electrons. The van der Waals surface area contributed by atoms with E-state index in [-0.39, 0.29) is 4.47 Å². The molecule has 0 aromatic heterocycles. The van der Waals surface area contributed by atoms with Gasteiger partial charge in [0, 0.05) is 4.47 Å². The Morgan fingerprint density at radius 2 is 1.65 bits per heavy atom. The molecule has 0 heterocycles. The topological polar surface area (TPSA) is 94.3 Å². The number of sulfonamides is 1. The van der Waals surface area contributed by atoms with Crippen molar-refractivity contribution in [2.24, 2.45) is 5.14 Å². The Morgan fingerprint density at radius 1 is 1.10 bits per heavy atom. The fraction of sp³-hybridized carbons (Fsp3) is 0.333. The van der Waals surface area contributed by atoms with Gasteiger partial charge in [-0.1, -0.05) is 15.9 Å². The van der Waals surface area contributed by atoms with Gasteiger partial charge < -0.3 is 0 Å². The van der Waals surface area contributed by atoms with Gasteiger partial charge in [0.2, 0.25) is 10.0 Å². The SMILES string of the molecule is NS(=O)(=O)CCS(=O)(=O)c1cc(Br)ccc1C(F)(F)F. The number of rotatable bonds is 4. The average Bonchev–Trinajstić information content (AvgIpc) is 2.24. The van der Waals surface area contributed by atoms with E-state index in [1.807, 2.05) is 0 Å². The molecule has 0 aliphatic heterocycles. The minimum absolute atomic E-state index is 0.125. The van der Waals surface area contributed by atoms with Crippen LogP contribution in [0.25, 0.3) is 0 Å². The molecular formula is C9H9BrF3NO4S2. The van der Waals surface area contributed by atoms with E-state index in [1.165, 1.54) is 0 Å². The summed E-state index contributed by atoms with van der Waals surface area (Å²) in [5, 5.41) is 4.65. The van der Waals surface area contributed by atoms with Gasteiger partial charge in [-0.25, -0.2) is 22.0 Å². The van der Waals surface area contributed by atoms with Crippen molar-refractivity contribution >= 4 is 35.8 Å². The van der Waals surface area contributed by atoms with Crippen molar-refractivity contribution in [3.05, 3.63) is 28.2 Å². The van der Waals surface area contributed by atoms with Crippen LogP contribution >= 0.6 is 15.9 Å². The van der Waals surface area contributed by atoms with Gasteiger partial charge in [0.25, 0.3) is 0 Å². The van der Waals surface area contributed by atoms with Crippen LogP contribution in [0.5, 0.6) is 0 Å². The molecule has 0 fully saturated rings. The maximum atomic E-state index is 12.8. The molecule has 2 N–H and O–H groups in total. The van der Waals surface area contributed by atoms with E-state index in [0.717, 1.165) is 12.1 Å². The zero-order chi connectivity index (χ0) is 15.8. The summed E-state index contributed by atoms with van der Waals surface area (Å²) in [5.74, 6) is -1.98. The third kappa shape index (κ3) is 4.72. The van der Waals surface area contributed by atoms with Crippen LogP contribution in [-0.2, 0) is 26.0 Å². The number of hydrogen-bond acceptors (Lipinski definition) is 4. The van der Waals surface area contributed by atoms with Gasteiger partial charge in [-0.3, -0.25) is 0 Å². The Morgan fingerprint density at radius 3 is 2.10 bits per heavy atom. The van der Waals surface area contributed by atoms with Crippen LogP contribution in [0.15, 0.2) is 27.6 Å². The molecule has 0 amide bonds. The number of benzene rings is 1. The van der Waals surface area contributed by atoms with Crippen molar-refractivity contribution in [2.45, 2.75) is 11.1 Å². The Kier molecular flexibility index (Phi) is 4.89.